The van der Waals surface area contributed by atoms with Gasteiger partial charge in [-0.3, -0.25) is 0 Å². The first kappa shape index (κ1) is 22.4. The maximum absolute atomic E-state index is 13.4. The first-order valence-corrected chi connectivity index (χ1v) is 12.4. The van der Waals surface area contributed by atoms with Crippen molar-refractivity contribution in [1.82, 2.24) is 15.0 Å². The summed E-state index contributed by atoms with van der Waals surface area (Å²) >= 11 is 1.43. The van der Waals surface area contributed by atoms with Gasteiger partial charge in [-0.15, -0.1) is 0 Å². The molecule has 2 aromatic carbocycles. The van der Waals surface area contributed by atoms with E-state index in [2.05, 4.69) is 20.3 Å². The molecule has 0 saturated carbocycles. The van der Waals surface area contributed by atoms with Gasteiger partial charge in [0, 0.05) is 0 Å². The molecule has 4 rings (SSSR count). The van der Waals surface area contributed by atoms with Crippen molar-refractivity contribution < 1.29 is 18.3 Å². The van der Waals surface area contributed by atoms with Crippen LogP contribution in [0.5, 0.6) is 6.01 Å². The lowest BCUT2D eigenvalue weighted by molar-refractivity contribution is 0.121. The van der Waals surface area contributed by atoms with Crippen LogP contribution in [0.2, 0.25) is 0 Å². The Kier molecular flexibility index (Phi) is 5.78. The zero-order valence-electron chi connectivity index (χ0n) is 18.2. The predicted molar refractivity (Wildman–Crippen MR) is 127 cm³/mol. The number of fused-ring (bicyclic) bond motifs is 2. The number of nitrogens with zero attached hydrogens (tertiary/aromatic N) is 3. The number of rotatable bonds is 6. The number of hydrogen-bond donors (Lipinski definition) is 2. The smallest absolute Gasteiger partial charge is 0.319 e. The number of anilines is 2. The molecule has 0 amide bonds. The summed E-state index contributed by atoms with van der Waals surface area (Å²) in [5.74, 6) is 0.276. The number of aromatic nitrogens is 3. The second-order valence-corrected chi connectivity index (χ2v) is 12.0. The first-order chi connectivity index (χ1) is 15.1. The summed E-state index contributed by atoms with van der Waals surface area (Å²) in [7, 11) is -3.70. The second kappa shape index (κ2) is 8.27. The SMILES string of the molecule is CC(CO)Oc1nc(Nc2nc3ccccc3s2)c2c(S(=O)(=O)C(C)(C)C)cccc2n1. The summed E-state index contributed by atoms with van der Waals surface area (Å²) in [6, 6.07) is 12.7. The molecule has 1 unspecified atom stereocenters. The maximum Gasteiger partial charge on any atom is 0.319 e. The van der Waals surface area contributed by atoms with E-state index in [0.29, 0.717) is 16.0 Å². The molecule has 1 atom stereocenters. The van der Waals surface area contributed by atoms with Gasteiger partial charge in [0.2, 0.25) is 0 Å². The average Bonchev–Trinajstić information content (AvgIpc) is 3.14. The standard InChI is InChI=1S/C22H24N4O4S2/c1-13(12-27)30-20-23-15-9-7-11-17(32(28,29)22(2,3)4)18(15)19(25-20)26-21-24-14-8-5-6-10-16(14)31-21/h5-11,13,27H,12H2,1-4H3,(H,23,24,25,26). The van der Waals surface area contributed by atoms with E-state index in [0.717, 1.165) is 10.2 Å². The largest absolute Gasteiger partial charge is 0.458 e. The summed E-state index contributed by atoms with van der Waals surface area (Å²) in [5.41, 5.74) is 1.24. The molecule has 32 heavy (non-hydrogen) atoms. The number of thiazole rings is 1. The van der Waals surface area contributed by atoms with Crippen LogP contribution in [0.4, 0.5) is 10.9 Å². The van der Waals surface area contributed by atoms with Gasteiger partial charge >= 0.3 is 6.01 Å². The van der Waals surface area contributed by atoms with Crippen LogP contribution in [0.1, 0.15) is 27.7 Å². The van der Waals surface area contributed by atoms with Crippen molar-refractivity contribution in [2.45, 2.75) is 43.4 Å². The molecular formula is C22H24N4O4S2. The molecule has 10 heteroatoms. The molecule has 0 radical (unpaired) electrons. The molecule has 168 valence electrons. The number of aliphatic hydroxyl groups is 1. The number of nitrogens with one attached hydrogen (secondary N) is 1. The Morgan fingerprint density at radius 1 is 1.06 bits per heavy atom. The van der Waals surface area contributed by atoms with E-state index in [1.165, 1.54) is 11.3 Å². The monoisotopic (exact) mass is 472 g/mol. The molecule has 2 N–H and O–H groups in total. The molecule has 2 heterocycles. The van der Waals surface area contributed by atoms with Gasteiger partial charge in [0.05, 0.1) is 37.4 Å². The molecule has 2 aromatic heterocycles. The number of hydrogen-bond acceptors (Lipinski definition) is 9. The van der Waals surface area contributed by atoms with E-state index in [4.69, 9.17) is 4.74 Å². The van der Waals surface area contributed by atoms with E-state index in [1.807, 2.05) is 24.3 Å². The Balaban J connectivity index is 1.94. The van der Waals surface area contributed by atoms with Crippen LogP contribution < -0.4 is 10.1 Å². The van der Waals surface area contributed by atoms with Crippen molar-refractivity contribution in [2.75, 3.05) is 11.9 Å². The van der Waals surface area contributed by atoms with Crippen molar-refractivity contribution in [3.05, 3.63) is 42.5 Å². The Morgan fingerprint density at radius 3 is 2.47 bits per heavy atom. The summed E-state index contributed by atoms with van der Waals surface area (Å²) in [6.45, 7) is 6.45. The van der Waals surface area contributed by atoms with Crippen molar-refractivity contribution in [2.24, 2.45) is 0 Å². The van der Waals surface area contributed by atoms with Crippen molar-refractivity contribution in [3.8, 4) is 6.01 Å². The van der Waals surface area contributed by atoms with E-state index >= 15 is 0 Å². The first-order valence-electron chi connectivity index (χ1n) is 10.1. The molecule has 0 spiro atoms. The van der Waals surface area contributed by atoms with Gasteiger partial charge in [-0.2, -0.15) is 9.97 Å². The number of ether oxygens (including phenoxy) is 1. The minimum absolute atomic E-state index is 0.0352. The minimum atomic E-state index is -3.70. The second-order valence-electron chi connectivity index (χ2n) is 8.34. The van der Waals surface area contributed by atoms with E-state index < -0.39 is 20.7 Å². The maximum atomic E-state index is 13.4. The molecule has 0 aliphatic heterocycles. The minimum Gasteiger partial charge on any atom is -0.458 e. The molecule has 0 bridgehead atoms. The molecule has 4 aromatic rings. The summed E-state index contributed by atoms with van der Waals surface area (Å²) in [6.07, 6.45) is -0.524. The van der Waals surface area contributed by atoms with Gasteiger partial charge in [0.25, 0.3) is 0 Å². The molecule has 8 nitrogen and oxygen atoms in total. The zero-order valence-corrected chi connectivity index (χ0v) is 19.8. The molecule has 0 aliphatic rings. The van der Waals surface area contributed by atoms with Crippen LogP contribution in [0.15, 0.2) is 47.4 Å². The third-order valence-electron chi connectivity index (χ3n) is 4.84. The van der Waals surface area contributed by atoms with Crippen molar-refractivity contribution in [3.63, 3.8) is 0 Å². The average molecular weight is 473 g/mol. The van der Waals surface area contributed by atoms with Crippen LogP contribution in [0.25, 0.3) is 21.1 Å². The summed E-state index contributed by atoms with van der Waals surface area (Å²) < 4.78 is 32.3. The highest BCUT2D eigenvalue weighted by atomic mass is 32.2. The topological polar surface area (TPSA) is 114 Å². The molecule has 0 aliphatic carbocycles. The van der Waals surface area contributed by atoms with Gasteiger partial charge in [0.1, 0.15) is 11.9 Å². The summed E-state index contributed by atoms with van der Waals surface area (Å²) in [4.78, 5) is 13.6. The quantitative estimate of drug-likeness (QED) is 0.427. The third kappa shape index (κ3) is 4.13. The molecular weight excluding hydrogens is 448 g/mol. The van der Waals surface area contributed by atoms with E-state index in [1.54, 1.807) is 45.9 Å². The van der Waals surface area contributed by atoms with Crippen LogP contribution >= 0.6 is 11.3 Å². The highest BCUT2D eigenvalue weighted by Gasteiger charge is 2.33. The fourth-order valence-corrected chi connectivity index (χ4v) is 5.32. The Labute approximate surface area is 190 Å². The number of para-hydroxylation sites is 1. The van der Waals surface area contributed by atoms with Crippen molar-refractivity contribution in [1.29, 1.82) is 0 Å². The van der Waals surface area contributed by atoms with Gasteiger partial charge in [-0.25, -0.2) is 13.4 Å². The van der Waals surface area contributed by atoms with Gasteiger partial charge in [0.15, 0.2) is 15.0 Å². The third-order valence-corrected chi connectivity index (χ3v) is 8.33. The molecule has 0 fully saturated rings. The lowest BCUT2D eigenvalue weighted by Gasteiger charge is -2.21. The van der Waals surface area contributed by atoms with Crippen molar-refractivity contribution >= 4 is 53.2 Å². The summed E-state index contributed by atoms with van der Waals surface area (Å²) in [5, 5.41) is 13.5. The number of benzene rings is 2. The number of sulfone groups is 1. The number of aliphatic hydroxyl groups excluding tert-OH is 1. The lowest BCUT2D eigenvalue weighted by atomic mass is 10.2. The predicted octanol–water partition coefficient (Wildman–Crippen LogP) is 4.31. The van der Waals surface area contributed by atoms with Gasteiger partial charge in [-0.1, -0.05) is 29.5 Å². The van der Waals surface area contributed by atoms with Gasteiger partial charge < -0.3 is 15.2 Å². The van der Waals surface area contributed by atoms with Crippen LogP contribution in [-0.2, 0) is 9.84 Å². The fourth-order valence-electron chi connectivity index (χ4n) is 3.07. The lowest BCUT2D eigenvalue weighted by Crippen LogP contribution is -2.28. The van der Waals surface area contributed by atoms with Crippen LogP contribution in [0, 0.1) is 0 Å². The molecule has 0 saturated heterocycles. The van der Waals surface area contributed by atoms with E-state index in [-0.39, 0.29) is 23.3 Å². The Hall–Kier alpha value is -2.82. The van der Waals surface area contributed by atoms with Crippen LogP contribution in [-0.4, -0.2) is 45.9 Å². The Morgan fingerprint density at radius 2 is 1.78 bits per heavy atom. The normalized spacial score (nSPS) is 13.4. The van der Waals surface area contributed by atoms with E-state index in [9.17, 15) is 13.5 Å². The highest BCUT2D eigenvalue weighted by Crippen LogP contribution is 2.37. The zero-order chi connectivity index (χ0) is 23.1. The van der Waals surface area contributed by atoms with Gasteiger partial charge in [-0.05, 0) is 52.0 Å². The highest BCUT2D eigenvalue weighted by molar-refractivity contribution is 7.93. The van der Waals surface area contributed by atoms with Crippen LogP contribution in [0.3, 0.4) is 0 Å². The Bertz CT molecular complexity index is 1360. The fraction of sp³-hybridized carbons (Fsp3) is 0.318.